The lowest BCUT2D eigenvalue weighted by molar-refractivity contribution is -0.157. The molecule has 2 saturated carbocycles. The lowest BCUT2D eigenvalue weighted by atomic mass is 10.1. The van der Waals surface area contributed by atoms with Crippen LogP contribution in [0.2, 0.25) is 0 Å². The monoisotopic (exact) mass is 306 g/mol. The molecule has 0 spiro atoms. The van der Waals surface area contributed by atoms with Gasteiger partial charge in [0, 0.05) is 12.6 Å². The molecule has 0 aromatic carbocycles. The number of carbonyl (C=O) groups is 1. The fourth-order valence-electron chi connectivity index (χ4n) is 3.87. The Kier molecular flexibility index (Phi) is 4.87. The molecular formula is C18H30N2O2. The number of esters is 1. The SMILES string of the molecule is CC(C)(C)OC(=O)[C@@H]1[C@H](CN(CC#N)C2CCCC2)C1(C)C. The Bertz CT molecular complexity index is 453. The first-order valence-corrected chi connectivity index (χ1v) is 8.50. The Morgan fingerprint density at radius 2 is 1.91 bits per heavy atom. The predicted molar refractivity (Wildman–Crippen MR) is 86.0 cm³/mol. The predicted octanol–water partition coefficient (Wildman–Crippen LogP) is 3.37. The first-order chi connectivity index (χ1) is 10.2. The van der Waals surface area contributed by atoms with Gasteiger partial charge >= 0.3 is 5.97 Å². The second-order valence-electron chi connectivity index (χ2n) is 8.46. The quantitative estimate of drug-likeness (QED) is 0.577. The summed E-state index contributed by atoms with van der Waals surface area (Å²) in [5.41, 5.74) is -0.452. The molecule has 0 unspecified atom stereocenters. The number of rotatable bonds is 5. The Balaban J connectivity index is 1.99. The molecule has 2 rings (SSSR count). The number of hydrogen-bond donors (Lipinski definition) is 0. The van der Waals surface area contributed by atoms with Crippen LogP contribution < -0.4 is 0 Å². The van der Waals surface area contributed by atoms with Crippen LogP contribution in [0.5, 0.6) is 0 Å². The Hall–Kier alpha value is -1.08. The Labute approximate surface area is 134 Å². The summed E-state index contributed by atoms with van der Waals surface area (Å²) in [6, 6.07) is 2.82. The standard InChI is InChI=1S/C18H30N2O2/c1-17(2,3)22-16(21)15-14(18(15,4)5)12-20(11-10-19)13-8-6-7-9-13/h13-15H,6-9,11-12H2,1-5H3/t14-,15-/m0/s1. The lowest BCUT2D eigenvalue weighted by Crippen LogP contribution is -2.36. The first kappa shape index (κ1) is 17.3. The van der Waals surface area contributed by atoms with Gasteiger partial charge in [-0.25, -0.2) is 0 Å². The summed E-state index contributed by atoms with van der Waals surface area (Å²) in [7, 11) is 0. The van der Waals surface area contributed by atoms with Crippen molar-refractivity contribution in [2.45, 2.75) is 71.9 Å². The molecule has 0 aromatic heterocycles. The molecular weight excluding hydrogens is 276 g/mol. The van der Waals surface area contributed by atoms with E-state index >= 15 is 0 Å². The van der Waals surface area contributed by atoms with Crippen LogP contribution in [0.15, 0.2) is 0 Å². The van der Waals surface area contributed by atoms with Crippen molar-refractivity contribution in [1.29, 1.82) is 5.26 Å². The summed E-state index contributed by atoms with van der Waals surface area (Å²) in [6.45, 7) is 11.3. The molecule has 2 atom stereocenters. The molecule has 0 radical (unpaired) electrons. The van der Waals surface area contributed by atoms with Gasteiger partial charge in [0.25, 0.3) is 0 Å². The molecule has 4 heteroatoms. The number of hydrogen-bond acceptors (Lipinski definition) is 4. The summed E-state index contributed by atoms with van der Waals surface area (Å²) in [5.74, 6) is 0.191. The summed E-state index contributed by atoms with van der Waals surface area (Å²) in [6.07, 6.45) is 4.89. The van der Waals surface area contributed by atoms with Gasteiger partial charge in [-0.2, -0.15) is 5.26 Å². The van der Waals surface area contributed by atoms with E-state index in [1.807, 2.05) is 20.8 Å². The van der Waals surface area contributed by atoms with Crippen LogP contribution in [0.3, 0.4) is 0 Å². The number of carbonyl (C=O) groups excluding carboxylic acids is 1. The van der Waals surface area contributed by atoms with E-state index in [2.05, 4.69) is 24.8 Å². The van der Waals surface area contributed by atoms with Gasteiger partial charge in [0.2, 0.25) is 0 Å². The third kappa shape index (κ3) is 3.81. The largest absolute Gasteiger partial charge is 0.460 e. The molecule has 124 valence electrons. The van der Waals surface area contributed by atoms with Gasteiger partial charge in [-0.3, -0.25) is 9.69 Å². The molecule has 2 aliphatic rings. The number of nitrogens with zero attached hydrogens (tertiary/aromatic N) is 2. The van der Waals surface area contributed by atoms with E-state index in [0.717, 1.165) is 6.54 Å². The van der Waals surface area contributed by atoms with Crippen molar-refractivity contribution in [3.63, 3.8) is 0 Å². The van der Waals surface area contributed by atoms with Crippen LogP contribution >= 0.6 is 0 Å². The van der Waals surface area contributed by atoms with Crippen molar-refractivity contribution in [1.82, 2.24) is 4.90 Å². The fraction of sp³-hybridized carbons (Fsp3) is 0.889. The highest BCUT2D eigenvalue weighted by atomic mass is 16.6. The van der Waals surface area contributed by atoms with Crippen molar-refractivity contribution < 1.29 is 9.53 Å². The number of nitriles is 1. The van der Waals surface area contributed by atoms with Gasteiger partial charge in [0.05, 0.1) is 18.5 Å². The van der Waals surface area contributed by atoms with E-state index in [9.17, 15) is 4.79 Å². The third-order valence-electron chi connectivity index (χ3n) is 5.26. The molecule has 0 heterocycles. The topological polar surface area (TPSA) is 53.3 Å². The maximum absolute atomic E-state index is 12.4. The lowest BCUT2D eigenvalue weighted by Gasteiger charge is -2.26. The minimum atomic E-state index is -0.432. The molecule has 22 heavy (non-hydrogen) atoms. The second kappa shape index (κ2) is 6.20. The molecule has 4 nitrogen and oxygen atoms in total. The normalized spacial score (nSPS) is 27.7. The van der Waals surface area contributed by atoms with Gasteiger partial charge in [0.1, 0.15) is 5.60 Å². The zero-order valence-corrected chi connectivity index (χ0v) is 14.7. The van der Waals surface area contributed by atoms with Crippen molar-refractivity contribution >= 4 is 5.97 Å². The highest BCUT2D eigenvalue weighted by Crippen LogP contribution is 2.59. The molecule has 0 aromatic rings. The molecule has 0 bridgehead atoms. The summed E-state index contributed by atoms with van der Waals surface area (Å²) < 4.78 is 5.57. The molecule has 2 fully saturated rings. The molecule has 0 N–H and O–H groups in total. The van der Waals surface area contributed by atoms with Gasteiger partial charge in [-0.15, -0.1) is 0 Å². The van der Waals surface area contributed by atoms with Crippen LogP contribution in [0.25, 0.3) is 0 Å². The van der Waals surface area contributed by atoms with Crippen LogP contribution in [-0.2, 0) is 9.53 Å². The zero-order chi connectivity index (χ0) is 16.5. The molecule has 0 aliphatic heterocycles. The second-order valence-corrected chi connectivity index (χ2v) is 8.46. The average molecular weight is 306 g/mol. The van der Waals surface area contributed by atoms with E-state index in [0.29, 0.717) is 18.5 Å². The van der Waals surface area contributed by atoms with E-state index in [4.69, 9.17) is 10.00 Å². The van der Waals surface area contributed by atoms with Crippen LogP contribution in [-0.4, -0.2) is 35.6 Å². The van der Waals surface area contributed by atoms with Crippen molar-refractivity contribution in [2.75, 3.05) is 13.1 Å². The Morgan fingerprint density at radius 3 is 2.41 bits per heavy atom. The van der Waals surface area contributed by atoms with E-state index in [-0.39, 0.29) is 17.3 Å². The summed E-state index contributed by atoms with van der Waals surface area (Å²) >= 11 is 0. The van der Waals surface area contributed by atoms with Crippen LogP contribution in [0.4, 0.5) is 0 Å². The van der Waals surface area contributed by atoms with Crippen molar-refractivity contribution in [3.05, 3.63) is 0 Å². The first-order valence-electron chi connectivity index (χ1n) is 8.50. The highest BCUT2D eigenvalue weighted by molar-refractivity contribution is 5.78. The molecule has 0 saturated heterocycles. The van der Waals surface area contributed by atoms with Crippen molar-refractivity contribution in [2.24, 2.45) is 17.3 Å². The van der Waals surface area contributed by atoms with Gasteiger partial charge in [-0.05, 0) is 44.9 Å². The van der Waals surface area contributed by atoms with Gasteiger partial charge in [-0.1, -0.05) is 26.7 Å². The third-order valence-corrected chi connectivity index (χ3v) is 5.26. The molecule has 0 amide bonds. The van der Waals surface area contributed by atoms with E-state index in [1.54, 1.807) is 0 Å². The average Bonchev–Trinajstić information content (AvgIpc) is 2.78. The maximum atomic E-state index is 12.4. The smallest absolute Gasteiger partial charge is 0.310 e. The minimum absolute atomic E-state index is 0.0192. The summed E-state index contributed by atoms with van der Waals surface area (Å²) in [4.78, 5) is 14.7. The van der Waals surface area contributed by atoms with Gasteiger partial charge in [0.15, 0.2) is 0 Å². The highest BCUT2D eigenvalue weighted by Gasteiger charge is 2.63. The summed E-state index contributed by atoms with van der Waals surface area (Å²) in [5, 5.41) is 9.11. The molecule has 2 aliphatic carbocycles. The Morgan fingerprint density at radius 1 is 1.32 bits per heavy atom. The van der Waals surface area contributed by atoms with Crippen LogP contribution in [0.1, 0.15) is 60.3 Å². The maximum Gasteiger partial charge on any atom is 0.310 e. The fourth-order valence-corrected chi connectivity index (χ4v) is 3.87. The number of ether oxygens (including phenoxy) is 1. The van der Waals surface area contributed by atoms with Crippen LogP contribution in [0, 0.1) is 28.6 Å². The van der Waals surface area contributed by atoms with E-state index in [1.165, 1.54) is 25.7 Å². The van der Waals surface area contributed by atoms with Gasteiger partial charge < -0.3 is 4.74 Å². The van der Waals surface area contributed by atoms with Crippen molar-refractivity contribution in [3.8, 4) is 6.07 Å². The van der Waals surface area contributed by atoms with E-state index < -0.39 is 5.60 Å². The minimum Gasteiger partial charge on any atom is -0.460 e. The zero-order valence-electron chi connectivity index (χ0n) is 14.7.